The number of nitrogens with zero attached hydrogens (tertiary/aromatic N) is 3. The van der Waals surface area contributed by atoms with E-state index in [1.165, 1.54) is 5.56 Å². The molecule has 0 saturated heterocycles. The Bertz CT molecular complexity index is 788. The zero-order chi connectivity index (χ0) is 17.5. The summed E-state index contributed by atoms with van der Waals surface area (Å²) in [5.74, 6) is 3.43. The third-order valence-corrected chi connectivity index (χ3v) is 4.76. The molecule has 3 aromatic rings. The predicted octanol–water partition coefficient (Wildman–Crippen LogP) is 3.59. The molecule has 1 heterocycles. The third-order valence-electron chi connectivity index (χ3n) is 3.77. The summed E-state index contributed by atoms with van der Waals surface area (Å²) < 4.78 is 12.9. The van der Waals surface area contributed by atoms with Gasteiger partial charge in [0.2, 0.25) is 0 Å². The number of benzene rings is 2. The van der Waals surface area contributed by atoms with Crippen LogP contribution in [0.25, 0.3) is 0 Å². The van der Waals surface area contributed by atoms with E-state index < -0.39 is 0 Å². The van der Waals surface area contributed by atoms with Gasteiger partial charge in [-0.2, -0.15) is 0 Å². The first-order valence-corrected chi connectivity index (χ1v) is 9.06. The van der Waals surface area contributed by atoms with Crippen LogP contribution in [0.3, 0.4) is 0 Å². The first kappa shape index (κ1) is 17.4. The van der Waals surface area contributed by atoms with E-state index in [1.807, 2.05) is 54.1 Å². The number of hydrogen-bond acceptors (Lipinski definition) is 5. The van der Waals surface area contributed by atoms with E-state index >= 15 is 0 Å². The number of methoxy groups -OCH3 is 1. The summed E-state index contributed by atoms with van der Waals surface area (Å²) in [6, 6.07) is 17.9. The molecule has 130 valence electrons. The quantitative estimate of drug-likeness (QED) is 0.456. The average Bonchev–Trinajstić information content (AvgIpc) is 3.00. The number of hydrogen-bond donors (Lipinski definition) is 0. The molecule has 3 rings (SSSR count). The molecular weight excluding hydrogens is 334 g/mol. The van der Waals surface area contributed by atoms with Crippen LogP contribution in [0.4, 0.5) is 0 Å². The highest BCUT2D eigenvalue weighted by Gasteiger charge is 2.09. The van der Waals surface area contributed by atoms with Crippen molar-refractivity contribution in [1.29, 1.82) is 0 Å². The molecule has 0 atom stereocenters. The number of rotatable bonds is 8. The summed E-state index contributed by atoms with van der Waals surface area (Å²) in [7, 11) is 3.66. The minimum absolute atomic E-state index is 0.609. The molecule has 25 heavy (non-hydrogen) atoms. The summed E-state index contributed by atoms with van der Waals surface area (Å²) in [5, 5.41) is 9.49. The molecule has 0 fully saturated rings. The van der Waals surface area contributed by atoms with E-state index in [9.17, 15) is 0 Å². The molecule has 0 aliphatic rings. The average molecular weight is 355 g/mol. The highest BCUT2D eigenvalue weighted by Crippen LogP contribution is 2.19. The van der Waals surface area contributed by atoms with E-state index in [2.05, 4.69) is 22.3 Å². The fourth-order valence-corrected chi connectivity index (χ4v) is 3.11. The topological polar surface area (TPSA) is 49.2 Å². The van der Waals surface area contributed by atoms with Gasteiger partial charge in [0.15, 0.2) is 5.16 Å². The molecule has 0 aliphatic carbocycles. The van der Waals surface area contributed by atoms with Crippen molar-refractivity contribution in [2.75, 3.05) is 19.5 Å². The second kappa shape index (κ2) is 8.58. The lowest BCUT2D eigenvalue weighted by molar-refractivity contribution is 0.342. The zero-order valence-electron chi connectivity index (χ0n) is 14.4. The van der Waals surface area contributed by atoms with Gasteiger partial charge in [-0.25, -0.2) is 0 Å². The number of aromatic nitrogens is 3. The maximum absolute atomic E-state index is 5.74. The third kappa shape index (κ3) is 4.76. The predicted molar refractivity (Wildman–Crippen MR) is 99.5 cm³/mol. The second-order valence-electron chi connectivity index (χ2n) is 5.49. The Kier molecular flexibility index (Phi) is 5.95. The van der Waals surface area contributed by atoms with Gasteiger partial charge in [0, 0.05) is 19.2 Å². The van der Waals surface area contributed by atoms with E-state index in [0.717, 1.165) is 34.7 Å². The monoisotopic (exact) mass is 355 g/mol. The molecule has 5 nitrogen and oxygen atoms in total. The normalized spacial score (nSPS) is 10.6. The Hall–Kier alpha value is -2.47. The van der Waals surface area contributed by atoms with Crippen LogP contribution >= 0.6 is 11.8 Å². The van der Waals surface area contributed by atoms with Crippen molar-refractivity contribution in [3.05, 3.63) is 66.0 Å². The SMILES string of the molecule is COc1ccc(OCCSc2nnc(Cc3ccccc3)n2C)cc1. The molecule has 0 unspecified atom stereocenters. The van der Waals surface area contributed by atoms with Gasteiger partial charge in [-0.15, -0.1) is 10.2 Å². The van der Waals surface area contributed by atoms with Crippen molar-refractivity contribution < 1.29 is 9.47 Å². The van der Waals surface area contributed by atoms with Crippen LogP contribution in [0.2, 0.25) is 0 Å². The summed E-state index contributed by atoms with van der Waals surface area (Å²) in [5.41, 5.74) is 1.23. The Labute approximate surface area is 152 Å². The summed E-state index contributed by atoms with van der Waals surface area (Å²) in [6.45, 7) is 0.609. The van der Waals surface area contributed by atoms with Crippen LogP contribution < -0.4 is 9.47 Å². The molecule has 0 N–H and O–H groups in total. The molecule has 0 bridgehead atoms. The van der Waals surface area contributed by atoms with E-state index in [-0.39, 0.29) is 0 Å². The molecule has 0 amide bonds. The van der Waals surface area contributed by atoms with Gasteiger partial charge in [-0.3, -0.25) is 0 Å². The van der Waals surface area contributed by atoms with Crippen molar-refractivity contribution in [3.8, 4) is 11.5 Å². The van der Waals surface area contributed by atoms with E-state index in [0.29, 0.717) is 6.61 Å². The number of thioether (sulfide) groups is 1. The maximum atomic E-state index is 5.74. The Morgan fingerprint density at radius 3 is 2.40 bits per heavy atom. The molecule has 2 aromatic carbocycles. The Balaban J connectivity index is 1.48. The zero-order valence-corrected chi connectivity index (χ0v) is 15.2. The maximum Gasteiger partial charge on any atom is 0.191 e. The smallest absolute Gasteiger partial charge is 0.191 e. The van der Waals surface area contributed by atoms with Crippen molar-refractivity contribution in [3.63, 3.8) is 0 Å². The van der Waals surface area contributed by atoms with Crippen molar-refractivity contribution >= 4 is 11.8 Å². The minimum atomic E-state index is 0.609. The first-order chi connectivity index (χ1) is 12.3. The summed E-state index contributed by atoms with van der Waals surface area (Å²) >= 11 is 1.64. The molecule has 0 radical (unpaired) electrons. The van der Waals surface area contributed by atoms with Gasteiger partial charge < -0.3 is 14.0 Å². The Morgan fingerprint density at radius 1 is 0.960 bits per heavy atom. The van der Waals surface area contributed by atoms with Gasteiger partial charge in [-0.05, 0) is 29.8 Å². The lowest BCUT2D eigenvalue weighted by Crippen LogP contribution is -2.03. The molecular formula is C19H21N3O2S. The van der Waals surface area contributed by atoms with Gasteiger partial charge in [-0.1, -0.05) is 42.1 Å². The minimum Gasteiger partial charge on any atom is -0.497 e. The van der Waals surface area contributed by atoms with Gasteiger partial charge >= 0.3 is 0 Å². The second-order valence-corrected chi connectivity index (χ2v) is 6.55. The van der Waals surface area contributed by atoms with Crippen LogP contribution in [0.1, 0.15) is 11.4 Å². The standard InChI is InChI=1S/C19H21N3O2S/c1-22-18(14-15-6-4-3-5-7-15)20-21-19(22)25-13-12-24-17-10-8-16(23-2)9-11-17/h3-11H,12-14H2,1-2H3. The van der Waals surface area contributed by atoms with Crippen LogP contribution in [0.15, 0.2) is 59.8 Å². The lowest BCUT2D eigenvalue weighted by atomic mass is 10.1. The lowest BCUT2D eigenvalue weighted by Gasteiger charge is -2.07. The van der Waals surface area contributed by atoms with Crippen molar-refractivity contribution in [2.24, 2.45) is 7.05 Å². The fourth-order valence-electron chi connectivity index (χ4n) is 2.37. The summed E-state index contributed by atoms with van der Waals surface area (Å²) in [6.07, 6.45) is 0.785. The van der Waals surface area contributed by atoms with Crippen LogP contribution in [0, 0.1) is 0 Å². The highest BCUT2D eigenvalue weighted by atomic mass is 32.2. The first-order valence-electron chi connectivity index (χ1n) is 8.08. The molecule has 0 aliphatic heterocycles. The van der Waals surface area contributed by atoms with E-state index in [4.69, 9.17) is 9.47 Å². The van der Waals surface area contributed by atoms with Crippen molar-refractivity contribution in [2.45, 2.75) is 11.6 Å². The number of ether oxygens (including phenoxy) is 2. The van der Waals surface area contributed by atoms with E-state index in [1.54, 1.807) is 18.9 Å². The molecule has 0 spiro atoms. The molecule has 1 aromatic heterocycles. The van der Waals surface area contributed by atoms with Crippen molar-refractivity contribution in [1.82, 2.24) is 14.8 Å². The Morgan fingerprint density at radius 2 is 1.68 bits per heavy atom. The summed E-state index contributed by atoms with van der Waals surface area (Å²) in [4.78, 5) is 0. The van der Waals surface area contributed by atoms with Crippen LogP contribution in [-0.4, -0.2) is 34.2 Å². The molecule has 0 saturated carbocycles. The highest BCUT2D eigenvalue weighted by molar-refractivity contribution is 7.99. The largest absolute Gasteiger partial charge is 0.497 e. The van der Waals surface area contributed by atoms with Crippen LogP contribution in [-0.2, 0) is 13.5 Å². The fraction of sp³-hybridized carbons (Fsp3) is 0.263. The van der Waals surface area contributed by atoms with Gasteiger partial charge in [0.05, 0.1) is 13.7 Å². The van der Waals surface area contributed by atoms with Gasteiger partial charge in [0.25, 0.3) is 0 Å². The molecule has 6 heteroatoms. The van der Waals surface area contributed by atoms with Gasteiger partial charge in [0.1, 0.15) is 17.3 Å². The van der Waals surface area contributed by atoms with Crippen LogP contribution in [0.5, 0.6) is 11.5 Å².